The molecular weight excluding hydrogens is 482 g/mol. The molecule has 31 heavy (non-hydrogen) atoms. The van der Waals surface area contributed by atoms with E-state index in [9.17, 15) is 4.79 Å². The summed E-state index contributed by atoms with van der Waals surface area (Å²) in [5.41, 5.74) is 1.71. The number of hydrogen-bond acceptors (Lipinski definition) is 5. The van der Waals surface area contributed by atoms with Crippen LogP contribution in [0.15, 0.2) is 75.0 Å². The Kier molecular flexibility index (Phi) is 6.06. The fraction of sp³-hybridized carbons (Fsp3) is 0.0870. The van der Waals surface area contributed by atoms with Gasteiger partial charge in [-0.05, 0) is 34.1 Å². The van der Waals surface area contributed by atoms with E-state index in [4.69, 9.17) is 21.1 Å². The lowest BCUT2D eigenvalue weighted by Crippen LogP contribution is -2.20. The van der Waals surface area contributed by atoms with Crippen molar-refractivity contribution in [2.45, 2.75) is 0 Å². The van der Waals surface area contributed by atoms with Crippen LogP contribution in [-0.2, 0) is 0 Å². The topological polar surface area (TPSA) is 65.7 Å². The van der Waals surface area contributed by atoms with E-state index in [1.165, 1.54) is 25.1 Å². The first-order valence-corrected chi connectivity index (χ1v) is 10.4. The van der Waals surface area contributed by atoms with E-state index >= 15 is 0 Å². The summed E-state index contributed by atoms with van der Waals surface area (Å²) < 4.78 is 12.5. The third-order valence-corrected chi connectivity index (χ3v) is 6.12. The maximum Gasteiger partial charge on any atom is 0.282 e. The Morgan fingerprint density at radius 2 is 1.77 bits per heavy atom. The summed E-state index contributed by atoms with van der Waals surface area (Å²) in [6.07, 6.45) is 1.53. The Bertz CT molecular complexity index is 1350. The zero-order chi connectivity index (χ0) is 22.0. The molecule has 0 saturated carbocycles. The van der Waals surface area contributed by atoms with E-state index in [-0.39, 0.29) is 5.56 Å². The first-order chi connectivity index (χ1) is 15.0. The predicted molar refractivity (Wildman–Crippen MR) is 127 cm³/mol. The van der Waals surface area contributed by atoms with Crippen molar-refractivity contribution in [2.24, 2.45) is 5.10 Å². The summed E-state index contributed by atoms with van der Waals surface area (Å²) in [5.74, 6) is 1.29. The summed E-state index contributed by atoms with van der Waals surface area (Å²) in [5, 5.41) is 5.29. The third-order valence-electron chi connectivity index (χ3n) is 4.68. The van der Waals surface area contributed by atoms with Crippen LogP contribution in [0.2, 0.25) is 5.02 Å². The molecule has 0 fully saturated rings. The molecule has 1 aromatic heterocycles. The van der Waals surface area contributed by atoms with Crippen molar-refractivity contribution >= 4 is 44.6 Å². The van der Waals surface area contributed by atoms with Crippen LogP contribution in [0.25, 0.3) is 22.3 Å². The van der Waals surface area contributed by atoms with E-state index in [2.05, 4.69) is 26.0 Å². The molecule has 8 heteroatoms. The van der Waals surface area contributed by atoms with Crippen molar-refractivity contribution in [3.63, 3.8) is 0 Å². The van der Waals surface area contributed by atoms with Crippen LogP contribution in [0.1, 0.15) is 5.56 Å². The molecule has 0 aliphatic carbocycles. The van der Waals surface area contributed by atoms with E-state index in [1.54, 1.807) is 18.2 Å². The average Bonchev–Trinajstić information content (AvgIpc) is 2.81. The molecule has 4 aromatic rings. The van der Waals surface area contributed by atoms with Crippen molar-refractivity contribution in [3.8, 4) is 22.9 Å². The molecule has 0 saturated heterocycles. The molecule has 156 valence electrons. The number of rotatable bonds is 5. The molecule has 0 aliphatic heterocycles. The average molecular weight is 499 g/mol. The summed E-state index contributed by atoms with van der Waals surface area (Å²) >= 11 is 9.88. The van der Waals surface area contributed by atoms with Gasteiger partial charge in [0.15, 0.2) is 17.3 Å². The highest BCUT2D eigenvalue weighted by atomic mass is 79.9. The molecule has 6 nitrogen and oxygen atoms in total. The molecule has 4 rings (SSSR count). The van der Waals surface area contributed by atoms with Gasteiger partial charge in [-0.15, -0.1) is 0 Å². The smallest absolute Gasteiger partial charge is 0.282 e. The molecule has 1 heterocycles. The summed E-state index contributed by atoms with van der Waals surface area (Å²) in [4.78, 5) is 17.9. The Hall–Kier alpha value is -3.16. The van der Waals surface area contributed by atoms with Gasteiger partial charge in [0, 0.05) is 15.6 Å². The molecule has 0 aliphatic rings. The second-order valence-electron chi connectivity index (χ2n) is 6.51. The van der Waals surface area contributed by atoms with Crippen molar-refractivity contribution in [1.29, 1.82) is 0 Å². The van der Waals surface area contributed by atoms with Crippen LogP contribution in [0.4, 0.5) is 0 Å². The highest BCUT2D eigenvalue weighted by molar-refractivity contribution is 9.10. The van der Waals surface area contributed by atoms with Crippen LogP contribution in [-0.4, -0.2) is 30.1 Å². The number of nitrogens with zero attached hydrogens (tertiary/aromatic N) is 3. The number of fused-ring (bicyclic) bond motifs is 1. The van der Waals surface area contributed by atoms with E-state index in [0.29, 0.717) is 43.3 Å². The minimum absolute atomic E-state index is 0.275. The maximum atomic E-state index is 13.2. The third kappa shape index (κ3) is 3.94. The zero-order valence-corrected chi connectivity index (χ0v) is 19.0. The summed E-state index contributed by atoms with van der Waals surface area (Å²) in [6, 6.07) is 18.3. The molecule has 0 bridgehead atoms. The molecule has 0 spiro atoms. The van der Waals surface area contributed by atoms with Crippen molar-refractivity contribution in [3.05, 3.63) is 86.1 Å². The fourth-order valence-electron chi connectivity index (χ4n) is 3.17. The van der Waals surface area contributed by atoms with Crippen molar-refractivity contribution in [2.75, 3.05) is 14.2 Å². The number of methoxy groups -OCH3 is 2. The lowest BCUT2D eigenvalue weighted by Gasteiger charge is -2.13. The number of para-hydroxylation sites is 1. The van der Waals surface area contributed by atoms with Gasteiger partial charge in [0.1, 0.15) is 5.02 Å². The highest BCUT2D eigenvalue weighted by Gasteiger charge is 2.17. The SMILES string of the molecule is COc1cc(C=Nn2c(-c3ccccc3)nc3ccccc3c2=O)c(Br)c(Cl)c1OC. The van der Waals surface area contributed by atoms with Gasteiger partial charge in [-0.25, -0.2) is 4.98 Å². The zero-order valence-electron chi connectivity index (χ0n) is 16.7. The second-order valence-corrected chi connectivity index (χ2v) is 7.68. The molecular formula is C23H17BrClN3O3. The molecule has 0 unspecified atom stereocenters. The lowest BCUT2D eigenvalue weighted by molar-refractivity contribution is 0.355. The van der Waals surface area contributed by atoms with Crippen LogP contribution in [0.3, 0.4) is 0 Å². The van der Waals surface area contributed by atoms with Crippen molar-refractivity contribution < 1.29 is 9.47 Å². The molecule has 3 aromatic carbocycles. The predicted octanol–water partition coefficient (Wildman–Crippen LogP) is 5.38. The summed E-state index contributed by atoms with van der Waals surface area (Å²) in [7, 11) is 3.03. The molecule has 0 radical (unpaired) electrons. The van der Waals surface area contributed by atoms with Gasteiger partial charge >= 0.3 is 0 Å². The molecule has 0 N–H and O–H groups in total. The van der Waals surface area contributed by atoms with Gasteiger partial charge in [-0.2, -0.15) is 9.78 Å². The Morgan fingerprint density at radius 1 is 1.06 bits per heavy atom. The Labute approximate surface area is 191 Å². The van der Waals surface area contributed by atoms with Gasteiger partial charge < -0.3 is 9.47 Å². The van der Waals surface area contributed by atoms with Gasteiger partial charge in [0.2, 0.25) is 0 Å². The van der Waals surface area contributed by atoms with Gasteiger partial charge in [-0.1, -0.05) is 54.1 Å². The molecule has 0 atom stereocenters. The second kappa shape index (κ2) is 8.91. The largest absolute Gasteiger partial charge is 0.493 e. The number of ether oxygens (including phenoxy) is 2. The quantitative estimate of drug-likeness (QED) is 0.347. The summed E-state index contributed by atoms with van der Waals surface area (Å²) in [6.45, 7) is 0. The van der Waals surface area contributed by atoms with E-state index in [1.807, 2.05) is 42.5 Å². The standard InChI is InChI=1S/C23H17BrClN3O3/c1-30-18-12-15(19(24)20(25)21(18)31-2)13-26-28-22(14-8-4-3-5-9-14)27-17-11-7-6-10-16(17)23(28)29/h3-13H,1-2H3. The first-order valence-electron chi connectivity index (χ1n) is 9.26. The first kappa shape index (κ1) is 21.1. The Balaban J connectivity index is 1.93. The number of benzene rings is 3. The van der Waals surface area contributed by atoms with Gasteiger partial charge in [-0.3, -0.25) is 4.79 Å². The number of hydrogen-bond donors (Lipinski definition) is 0. The lowest BCUT2D eigenvalue weighted by atomic mass is 10.2. The Morgan fingerprint density at radius 3 is 2.48 bits per heavy atom. The van der Waals surface area contributed by atoms with Gasteiger partial charge in [0.05, 0.1) is 31.3 Å². The van der Waals surface area contributed by atoms with E-state index < -0.39 is 0 Å². The van der Waals surface area contributed by atoms with Crippen LogP contribution in [0.5, 0.6) is 11.5 Å². The minimum Gasteiger partial charge on any atom is -0.493 e. The van der Waals surface area contributed by atoms with Crippen LogP contribution in [0, 0.1) is 0 Å². The minimum atomic E-state index is -0.275. The van der Waals surface area contributed by atoms with Crippen molar-refractivity contribution in [1.82, 2.24) is 9.66 Å². The highest BCUT2D eigenvalue weighted by Crippen LogP contribution is 2.41. The normalized spacial score (nSPS) is 11.2. The molecule has 0 amide bonds. The van der Waals surface area contributed by atoms with E-state index in [0.717, 1.165) is 5.56 Å². The van der Waals surface area contributed by atoms with Crippen LogP contribution >= 0.6 is 27.5 Å². The number of aromatic nitrogens is 2. The van der Waals surface area contributed by atoms with Gasteiger partial charge in [0.25, 0.3) is 5.56 Å². The fourth-order valence-corrected chi connectivity index (χ4v) is 3.84. The number of halogens is 2. The van der Waals surface area contributed by atoms with Crippen LogP contribution < -0.4 is 15.0 Å². The monoisotopic (exact) mass is 497 g/mol. The maximum absolute atomic E-state index is 13.2.